The fourth-order valence-electron chi connectivity index (χ4n) is 3.28. The summed E-state index contributed by atoms with van der Waals surface area (Å²) in [7, 11) is -4.02. The third-order valence-corrected chi connectivity index (χ3v) is 5.94. The van der Waals surface area contributed by atoms with Gasteiger partial charge in [-0.15, -0.1) is 0 Å². The number of benzene rings is 2. The van der Waals surface area contributed by atoms with Gasteiger partial charge in [-0.05, 0) is 61.4 Å². The van der Waals surface area contributed by atoms with E-state index in [2.05, 4.69) is 4.98 Å². The van der Waals surface area contributed by atoms with E-state index < -0.39 is 10.1 Å². The Hall–Kier alpha value is -2.93. The number of nitrogens with zero attached hydrogens (tertiary/aromatic N) is 2. The molecular weight excluding hydrogens is 364 g/mol. The number of pyridine rings is 1. The average molecular weight is 382 g/mol. The highest BCUT2D eigenvalue weighted by molar-refractivity contribution is 7.87. The summed E-state index contributed by atoms with van der Waals surface area (Å²) in [6, 6.07) is 13.2. The molecule has 1 aliphatic heterocycles. The molecule has 0 bridgehead atoms. The third kappa shape index (κ3) is 3.26. The van der Waals surface area contributed by atoms with Gasteiger partial charge in [-0.3, -0.25) is 9.78 Å². The van der Waals surface area contributed by atoms with E-state index in [-0.39, 0.29) is 16.6 Å². The van der Waals surface area contributed by atoms with Gasteiger partial charge in [0, 0.05) is 30.2 Å². The number of carbonyl (C=O) groups excluding carboxylic acids is 1. The Morgan fingerprint density at radius 3 is 2.56 bits per heavy atom. The van der Waals surface area contributed by atoms with Crippen molar-refractivity contribution < 1.29 is 17.4 Å². The molecule has 0 radical (unpaired) electrons. The predicted octanol–water partition coefficient (Wildman–Crippen LogP) is 3.44. The van der Waals surface area contributed by atoms with Gasteiger partial charge in [0.1, 0.15) is 10.6 Å². The zero-order valence-corrected chi connectivity index (χ0v) is 15.6. The van der Waals surface area contributed by atoms with Crippen LogP contribution in [0.2, 0.25) is 0 Å². The normalized spacial score (nSPS) is 14.7. The molecule has 2 heterocycles. The molecular formula is C20H18N2O4S. The average Bonchev–Trinajstić information content (AvgIpc) is 3.08. The molecule has 138 valence electrons. The van der Waals surface area contributed by atoms with E-state index in [1.807, 2.05) is 6.92 Å². The van der Waals surface area contributed by atoms with Crippen LogP contribution >= 0.6 is 0 Å². The first-order chi connectivity index (χ1) is 13.0. The molecule has 1 amide bonds. The highest BCUT2D eigenvalue weighted by atomic mass is 32.2. The fourth-order valence-corrected chi connectivity index (χ4v) is 4.40. The maximum Gasteiger partial charge on any atom is 0.339 e. The van der Waals surface area contributed by atoms with Crippen LogP contribution in [0.5, 0.6) is 5.75 Å². The van der Waals surface area contributed by atoms with E-state index in [4.69, 9.17) is 4.18 Å². The van der Waals surface area contributed by atoms with Crippen LogP contribution in [0.4, 0.5) is 5.69 Å². The van der Waals surface area contributed by atoms with Gasteiger partial charge in [-0.1, -0.05) is 6.07 Å². The Morgan fingerprint density at radius 2 is 1.85 bits per heavy atom. The maximum absolute atomic E-state index is 12.8. The molecule has 0 spiro atoms. The van der Waals surface area contributed by atoms with Gasteiger partial charge in [0.2, 0.25) is 5.91 Å². The first-order valence-electron chi connectivity index (χ1n) is 8.65. The quantitative estimate of drug-likeness (QED) is 0.646. The van der Waals surface area contributed by atoms with Crippen molar-refractivity contribution in [3.05, 3.63) is 60.3 Å². The molecule has 27 heavy (non-hydrogen) atoms. The molecule has 1 saturated heterocycles. The SMILES string of the molecule is Cc1ccc(S(=O)(=O)Oc2ccc(N3CCCC3=O)cc2)c2cccnc12. The summed E-state index contributed by atoms with van der Waals surface area (Å²) in [5.41, 5.74) is 2.27. The molecule has 0 aliphatic carbocycles. The number of rotatable bonds is 4. The smallest absolute Gasteiger partial charge is 0.339 e. The number of aryl methyl sites for hydroxylation is 1. The van der Waals surface area contributed by atoms with Gasteiger partial charge in [0.05, 0.1) is 5.52 Å². The number of fused-ring (bicyclic) bond motifs is 1. The van der Waals surface area contributed by atoms with E-state index in [0.717, 1.165) is 17.7 Å². The van der Waals surface area contributed by atoms with Gasteiger partial charge in [0.25, 0.3) is 0 Å². The molecule has 3 aromatic rings. The minimum Gasteiger partial charge on any atom is -0.379 e. The Morgan fingerprint density at radius 1 is 1.07 bits per heavy atom. The van der Waals surface area contributed by atoms with Gasteiger partial charge in [0.15, 0.2) is 0 Å². The van der Waals surface area contributed by atoms with E-state index in [9.17, 15) is 13.2 Å². The minimum atomic E-state index is -4.02. The molecule has 6 nitrogen and oxygen atoms in total. The van der Waals surface area contributed by atoms with E-state index >= 15 is 0 Å². The highest BCUT2D eigenvalue weighted by Gasteiger charge is 2.23. The summed E-state index contributed by atoms with van der Waals surface area (Å²) in [6.45, 7) is 2.56. The van der Waals surface area contributed by atoms with Gasteiger partial charge in [-0.2, -0.15) is 8.42 Å². The molecule has 1 fully saturated rings. The van der Waals surface area contributed by atoms with Crippen LogP contribution in [-0.4, -0.2) is 25.9 Å². The van der Waals surface area contributed by atoms with Gasteiger partial charge in [-0.25, -0.2) is 0 Å². The number of carbonyl (C=O) groups is 1. The fraction of sp³-hybridized carbons (Fsp3) is 0.200. The Labute approximate surface area is 157 Å². The van der Waals surface area contributed by atoms with Crippen LogP contribution in [0.25, 0.3) is 10.9 Å². The predicted molar refractivity (Wildman–Crippen MR) is 102 cm³/mol. The van der Waals surface area contributed by atoms with Crippen molar-refractivity contribution in [2.75, 3.05) is 11.4 Å². The summed E-state index contributed by atoms with van der Waals surface area (Å²) >= 11 is 0. The van der Waals surface area contributed by atoms with Gasteiger partial charge < -0.3 is 9.08 Å². The zero-order valence-electron chi connectivity index (χ0n) is 14.8. The van der Waals surface area contributed by atoms with Crippen LogP contribution in [0, 0.1) is 6.92 Å². The van der Waals surface area contributed by atoms with Crippen molar-refractivity contribution in [1.29, 1.82) is 0 Å². The van der Waals surface area contributed by atoms with Crippen molar-refractivity contribution in [2.45, 2.75) is 24.7 Å². The number of hydrogen-bond donors (Lipinski definition) is 0. The third-order valence-electron chi connectivity index (χ3n) is 4.63. The summed E-state index contributed by atoms with van der Waals surface area (Å²) < 4.78 is 30.9. The largest absolute Gasteiger partial charge is 0.379 e. The lowest BCUT2D eigenvalue weighted by atomic mass is 10.1. The Bertz CT molecular complexity index is 1120. The summed E-state index contributed by atoms with van der Waals surface area (Å²) in [6.07, 6.45) is 3.01. The molecule has 1 aliphatic rings. The second-order valence-corrected chi connectivity index (χ2v) is 7.98. The van der Waals surface area contributed by atoms with E-state index in [1.54, 1.807) is 53.6 Å². The van der Waals surface area contributed by atoms with Crippen molar-refractivity contribution in [1.82, 2.24) is 4.98 Å². The molecule has 0 N–H and O–H groups in total. The Kier molecular flexibility index (Phi) is 4.31. The van der Waals surface area contributed by atoms with E-state index in [1.165, 1.54) is 6.07 Å². The lowest BCUT2D eigenvalue weighted by Crippen LogP contribution is -2.23. The number of amides is 1. The second-order valence-electron chi connectivity index (χ2n) is 6.46. The Balaban J connectivity index is 1.64. The summed E-state index contributed by atoms with van der Waals surface area (Å²) in [5, 5.41) is 0.525. The zero-order chi connectivity index (χ0) is 19.0. The number of aromatic nitrogens is 1. The van der Waals surface area contributed by atoms with Crippen molar-refractivity contribution in [3.63, 3.8) is 0 Å². The van der Waals surface area contributed by atoms with Crippen molar-refractivity contribution >= 4 is 32.6 Å². The number of anilines is 1. The topological polar surface area (TPSA) is 76.6 Å². The van der Waals surface area contributed by atoms with Crippen LogP contribution < -0.4 is 9.08 Å². The van der Waals surface area contributed by atoms with Crippen molar-refractivity contribution in [2.24, 2.45) is 0 Å². The molecule has 4 rings (SSSR count). The molecule has 2 aromatic carbocycles. The van der Waals surface area contributed by atoms with Crippen LogP contribution in [0.15, 0.2) is 59.6 Å². The molecule has 0 atom stereocenters. The van der Waals surface area contributed by atoms with Gasteiger partial charge >= 0.3 is 10.1 Å². The minimum absolute atomic E-state index is 0.0786. The highest BCUT2D eigenvalue weighted by Crippen LogP contribution is 2.29. The summed E-state index contributed by atoms with van der Waals surface area (Å²) in [4.78, 5) is 17.9. The molecule has 0 unspecified atom stereocenters. The van der Waals surface area contributed by atoms with Crippen LogP contribution in [0.3, 0.4) is 0 Å². The maximum atomic E-state index is 12.8. The lowest BCUT2D eigenvalue weighted by molar-refractivity contribution is -0.117. The summed E-state index contributed by atoms with van der Waals surface area (Å²) in [5.74, 6) is 0.276. The molecule has 7 heteroatoms. The van der Waals surface area contributed by atoms with Crippen molar-refractivity contribution in [3.8, 4) is 5.75 Å². The van der Waals surface area contributed by atoms with E-state index in [0.29, 0.717) is 23.9 Å². The first-order valence-corrected chi connectivity index (χ1v) is 10.1. The van der Waals surface area contributed by atoms with Crippen LogP contribution in [0.1, 0.15) is 18.4 Å². The monoisotopic (exact) mass is 382 g/mol. The van der Waals surface area contributed by atoms with Crippen LogP contribution in [-0.2, 0) is 14.9 Å². The number of hydrogen-bond acceptors (Lipinski definition) is 5. The molecule has 1 aromatic heterocycles. The second kappa shape index (κ2) is 6.66. The standard InChI is InChI=1S/C20H18N2O4S/c1-14-6-11-18(17-4-2-12-21-20(14)17)27(24,25)26-16-9-7-15(8-10-16)22-13-3-5-19(22)23/h2,4,6-12H,3,5,13H2,1H3. The molecule has 0 saturated carbocycles. The first kappa shape index (κ1) is 17.5. The lowest BCUT2D eigenvalue weighted by Gasteiger charge is -2.16.